The average Bonchev–Trinajstić information content (AvgIpc) is 2.47. The molecule has 20 heavy (non-hydrogen) atoms. The van der Waals surface area contributed by atoms with Gasteiger partial charge in [-0.1, -0.05) is 32.9 Å². The summed E-state index contributed by atoms with van der Waals surface area (Å²) in [6.07, 6.45) is 0.990. The van der Waals surface area contributed by atoms with Crippen LogP contribution in [0.5, 0.6) is 11.6 Å². The van der Waals surface area contributed by atoms with Gasteiger partial charge in [-0.25, -0.2) is 4.98 Å². The molecule has 0 aliphatic rings. The lowest BCUT2D eigenvalue weighted by molar-refractivity contribution is 0.458. The van der Waals surface area contributed by atoms with Crippen LogP contribution in [-0.4, -0.2) is 4.98 Å². The van der Waals surface area contributed by atoms with E-state index in [4.69, 9.17) is 16.3 Å². The summed E-state index contributed by atoms with van der Waals surface area (Å²) < 4.78 is 5.88. The Labute approximate surface area is 125 Å². The fourth-order valence-corrected chi connectivity index (χ4v) is 2.11. The highest BCUT2D eigenvalue weighted by Crippen LogP contribution is 2.25. The molecule has 0 saturated carbocycles. The number of pyridine rings is 1. The molecule has 1 aromatic heterocycles. The molecule has 1 heterocycles. The minimum Gasteiger partial charge on any atom is -0.439 e. The van der Waals surface area contributed by atoms with Crippen molar-refractivity contribution in [2.45, 2.75) is 39.0 Å². The molecule has 0 aliphatic carbocycles. The van der Waals surface area contributed by atoms with Crippen molar-refractivity contribution in [2.75, 3.05) is 0 Å². The predicted octanol–water partition coefficient (Wildman–Crippen LogP) is 5.30. The molecular formula is C17H20ClNO. The second-order valence-electron chi connectivity index (χ2n) is 5.13. The number of aryl methyl sites for hydroxylation is 1. The highest BCUT2D eigenvalue weighted by Gasteiger charge is 2.08. The molecule has 0 aliphatic heterocycles. The molecule has 0 saturated heterocycles. The van der Waals surface area contributed by atoms with Gasteiger partial charge >= 0.3 is 0 Å². The first-order valence-electron chi connectivity index (χ1n) is 6.96. The van der Waals surface area contributed by atoms with E-state index >= 15 is 0 Å². The number of benzene rings is 1. The van der Waals surface area contributed by atoms with Crippen molar-refractivity contribution in [3.8, 4) is 11.6 Å². The predicted molar refractivity (Wildman–Crippen MR) is 83.8 cm³/mol. The number of aromatic nitrogens is 1. The second kappa shape index (κ2) is 6.76. The van der Waals surface area contributed by atoms with Crippen molar-refractivity contribution >= 4 is 11.6 Å². The zero-order valence-electron chi connectivity index (χ0n) is 12.2. The van der Waals surface area contributed by atoms with Crippen molar-refractivity contribution in [1.82, 2.24) is 4.98 Å². The van der Waals surface area contributed by atoms with Gasteiger partial charge in [-0.15, -0.1) is 11.6 Å². The van der Waals surface area contributed by atoms with E-state index in [2.05, 4.69) is 31.8 Å². The average molecular weight is 290 g/mol. The third kappa shape index (κ3) is 3.73. The van der Waals surface area contributed by atoms with Gasteiger partial charge in [0, 0.05) is 17.6 Å². The van der Waals surface area contributed by atoms with Gasteiger partial charge in [0.2, 0.25) is 5.88 Å². The third-order valence-corrected chi connectivity index (χ3v) is 3.46. The van der Waals surface area contributed by atoms with Gasteiger partial charge in [-0.3, -0.25) is 0 Å². The summed E-state index contributed by atoms with van der Waals surface area (Å²) in [5.74, 6) is 2.24. The summed E-state index contributed by atoms with van der Waals surface area (Å²) in [6, 6.07) is 12.0. The van der Waals surface area contributed by atoms with Crippen molar-refractivity contribution in [3.63, 3.8) is 0 Å². The molecule has 0 unspecified atom stereocenters. The molecular weight excluding hydrogens is 270 g/mol. The monoisotopic (exact) mass is 289 g/mol. The first-order valence-corrected chi connectivity index (χ1v) is 7.49. The van der Waals surface area contributed by atoms with Gasteiger partial charge in [0.05, 0.1) is 0 Å². The standard InChI is InChI=1S/C17H20ClNO/c1-4-13-6-5-7-15(8-13)20-17-10-14(11-18)9-16(19-17)12(2)3/h5-10,12H,4,11H2,1-3H3. The number of rotatable bonds is 5. The Hall–Kier alpha value is -1.54. The Morgan fingerprint density at radius 3 is 2.60 bits per heavy atom. The molecule has 106 valence electrons. The molecule has 3 heteroatoms. The highest BCUT2D eigenvalue weighted by atomic mass is 35.5. The number of halogens is 1. The maximum absolute atomic E-state index is 5.94. The van der Waals surface area contributed by atoms with Gasteiger partial charge in [0.15, 0.2) is 0 Å². The molecule has 0 N–H and O–H groups in total. The number of hydrogen-bond donors (Lipinski definition) is 0. The van der Waals surface area contributed by atoms with Crippen molar-refractivity contribution in [2.24, 2.45) is 0 Å². The molecule has 0 atom stereocenters. The van der Waals surface area contributed by atoms with E-state index < -0.39 is 0 Å². The van der Waals surface area contributed by atoms with Crippen LogP contribution in [0.4, 0.5) is 0 Å². The highest BCUT2D eigenvalue weighted by molar-refractivity contribution is 6.17. The summed E-state index contributed by atoms with van der Waals surface area (Å²) in [5, 5.41) is 0. The van der Waals surface area contributed by atoms with Crippen LogP contribution in [0.25, 0.3) is 0 Å². The molecule has 1 aromatic carbocycles. The molecule has 2 rings (SSSR count). The maximum Gasteiger partial charge on any atom is 0.219 e. The van der Waals surface area contributed by atoms with Gasteiger partial charge in [0.1, 0.15) is 5.75 Å². The largest absolute Gasteiger partial charge is 0.439 e. The quantitative estimate of drug-likeness (QED) is 0.697. The molecule has 0 spiro atoms. The minimum absolute atomic E-state index is 0.350. The zero-order valence-corrected chi connectivity index (χ0v) is 12.9. The lowest BCUT2D eigenvalue weighted by Crippen LogP contribution is -1.98. The Morgan fingerprint density at radius 2 is 1.95 bits per heavy atom. The van der Waals surface area contributed by atoms with E-state index in [1.54, 1.807) is 0 Å². The summed E-state index contributed by atoms with van der Waals surface area (Å²) in [6.45, 7) is 6.35. The van der Waals surface area contributed by atoms with Gasteiger partial charge in [-0.05, 0) is 41.7 Å². The smallest absolute Gasteiger partial charge is 0.219 e. The maximum atomic E-state index is 5.94. The summed E-state index contributed by atoms with van der Waals surface area (Å²) in [7, 11) is 0. The van der Waals surface area contributed by atoms with Crippen molar-refractivity contribution in [3.05, 3.63) is 53.2 Å². The van der Waals surface area contributed by atoms with E-state index in [1.165, 1.54) is 5.56 Å². The summed E-state index contributed by atoms with van der Waals surface area (Å²) in [5.41, 5.74) is 3.29. The van der Waals surface area contributed by atoms with Crippen LogP contribution in [0, 0.1) is 0 Å². The van der Waals surface area contributed by atoms with Gasteiger partial charge < -0.3 is 4.74 Å². The third-order valence-electron chi connectivity index (χ3n) is 3.16. The van der Waals surface area contributed by atoms with Gasteiger partial charge in [-0.2, -0.15) is 0 Å². The van der Waals surface area contributed by atoms with Crippen LogP contribution in [-0.2, 0) is 12.3 Å². The first kappa shape index (κ1) is 14.9. The van der Waals surface area contributed by atoms with Crippen LogP contribution in [0.1, 0.15) is 43.5 Å². The van der Waals surface area contributed by atoms with E-state index in [0.29, 0.717) is 17.7 Å². The topological polar surface area (TPSA) is 22.1 Å². The lowest BCUT2D eigenvalue weighted by atomic mass is 10.1. The molecule has 0 radical (unpaired) electrons. The second-order valence-corrected chi connectivity index (χ2v) is 5.40. The first-order chi connectivity index (χ1) is 9.62. The summed E-state index contributed by atoms with van der Waals surface area (Å²) >= 11 is 5.94. The number of nitrogens with zero attached hydrogens (tertiary/aromatic N) is 1. The number of ether oxygens (including phenoxy) is 1. The SMILES string of the molecule is CCc1cccc(Oc2cc(CCl)cc(C(C)C)n2)c1. The molecule has 2 nitrogen and oxygen atoms in total. The number of alkyl halides is 1. The van der Waals surface area contributed by atoms with Crippen LogP contribution in [0.15, 0.2) is 36.4 Å². The summed E-state index contributed by atoms with van der Waals surface area (Å²) in [4.78, 5) is 4.55. The molecule has 2 aromatic rings. The van der Waals surface area contributed by atoms with Crippen molar-refractivity contribution in [1.29, 1.82) is 0 Å². The van der Waals surface area contributed by atoms with Crippen LogP contribution < -0.4 is 4.74 Å². The Bertz CT molecular complexity index is 581. The van der Waals surface area contributed by atoms with E-state index in [-0.39, 0.29) is 0 Å². The van der Waals surface area contributed by atoms with Crippen LogP contribution >= 0.6 is 11.6 Å². The van der Waals surface area contributed by atoms with Crippen LogP contribution in [0.3, 0.4) is 0 Å². The minimum atomic E-state index is 0.350. The molecule has 0 amide bonds. The van der Waals surface area contributed by atoms with E-state index in [0.717, 1.165) is 23.4 Å². The van der Waals surface area contributed by atoms with Crippen LogP contribution in [0.2, 0.25) is 0 Å². The Morgan fingerprint density at radius 1 is 1.15 bits per heavy atom. The van der Waals surface area contributed by atoms with Crippen molar-refractivity contribution < 1.29 is 4.74 Å². The Kier molecular flexibility index (Phi) is 5.02. The normalized spacial score (nSPS) is 10.8. The van der Waals surface area contributed by atoms with Gasteiger partial charge in [0.25, 0.3) is 0 Å². The lowest BCUT2D eigenvalue weighted by Gasteiger charge is -2.11. The fourth-order valence-electron chi connectivity index (χ4n) is 1.96. The Balaban J connectivity index is 2.29. The fraction of sp³-hybridized carbons (Fsp3) is 0.353. The zero-order chi connectivity index (χ0) is 14.5. The number of hydrogen-bond acceptors (Lipinski definition) is 2. The molecule has 0 bridgehead atoms. The molecule has 0 fully saturated rings. The van der Waals surface area contributed by atoms with E-state index in [9.17, 15) is 0 Å². The van der Waals surface area contributed by atoms with E-state index in [1.807, 2.05) is 30.3 Å².